The van der Waals surface area contributed by atoms with Gasteiger partial charge in [-0.25, -0.2) is 4.79 Å². The second-order valence-electron chi connectivity index (χ2n) is 9.95. The Balaban J connectivity index is 2.04. The van der Waals surface area contributed by atoms with Crippen LogP contribution >= 0.6 is 0 Å². The predicted octanol–water partition coefficient (Wildman–Crippen LogP) is 1.95. The second-order valence-corrected chi connectivity index (χ2v) is 9.95. The first kappa shape index (κ1) is 32.0. The molecule has 3 aromatic rings. The van der Waals surface area contributed by atoms with Gasteiger partial charge in [0.05, 0.1) is 6.61 Å². The van der Waals surface area contributed by atoms with Crippen LogP contribution in [0.15, 0.2) is 84.9 Å². The molecule has 0 bridgehead atoms. The average molecular weight is 566 g/mol. The summed E-state index contributed by atoms with van der Waals surface area (Å²) < 4.78 is 11.5. The van der Waals surface area contributed by atoms with E-state index in [2.05, 4.69) is 0 Å². The lowest BCUT2D eigenvalue weighted by atomic mass is 9.87. The van der Waals surface area contributed by atoms with Gasteiger partial charge in [0.1, 0.15) is 36.8 Å². The lowest BCUT2D eigenvalue weighted by Crippen LogP contribution is -2.49. The van der Waals surface area contributed by atoms with Gasteiger partial charge >= 0.3 is 5.97 Å². The molecule has 0 fully saturated rings. The molecule has 0 aromatic heterocycles. The molecule has 41 heavy (non-hydrogen) atoms. The molecular formula is C32H39NO8. The number of likely N-dealkylation sites (N-methyl/N-ethyl adjacent to an activating group) is 1. The van der Waals surface area contributed by atoms with Crippen molar-refractivity contribution < 1.29 is 39.8 Å². The van der Waals surface area contributed by atoms with Gasteiger partial charge in [-0.05, 0) is 55.4 Å². The number of hydrogen-bond donors (Lipinski definition) is 5. The number of esters is 1. The third-order valence-electron chi connectivity index (χ3n) is 6.56. The summed E-state index contributed by atoms with van der Waals surface area (Å²) in [4.78, 5) is 14.9. The van der Waals surface area contributed by atoms with Gasteiger partial charge in [-0.1, -0.05) is 72.8 Å². The zero-order valence-corrected chi connectivity index (χ0v) is 23.5. The van der Waals surface area contributed by atoms with Crippen LogP contribution < -0.4 is 4.74 Å². The van der Waals surface area contributed by atoms with Crippen LogP contribution in [0.3, 0.4) is 0 Å². The van der Waals surface area contributed by atoms with E-state index in [-0.39, 0.29) is 0 Å². The van der Waals surface area contributed by atoms with E-state index in [0.717, 1.165) is 28.8 Å². The molecular weight excluding hydrogens is 526 g/mol. The summed E-state index contributed by atoms with van der Waals surface area (Å²) in [5, 5.41) is 49.2. The van der Waals surface area contributed by atoms with Crippen molar-refractivity contribution in [1.29, 1.82) is 0 Å². The Kier molecular flexibility index (Phi) is 12.0. The summed E-state index contributed by atoms with van der Waals surface area (Å²) in [5.74, 6) is -0.482. The van der Waals surface area contributed by atoms with Crippen LogP contribution in [0, 0.1) is 0 Å². The van der Waals surface area contributed by atoms with Crippen LogP contribution in [0.5, 0.6) is 5.75 Å². The molecule has 0 aliphatic carbocycles. The van der Waals surface area contributed by atoms with E-state index in [4.69, 9.17) is 14.6 Å². The van der Waals surface area contributed by atoms with Crippen LogP contribution in [-0.4, -0.2) is 101 Å². The number of ether oxygens (including phenoxy) is 2. The highest BCUT2D eigenvalue weighted by Crippen LogP contribution is 2.36. The van der Waals surface area contributed by atoms with E-state index in [1.54, 1.807) is 6.92 Å². The molecule has 9 heteroatoms. The third kappa shape index (κ3) is 8.71. The first-order valence-electron chi connectivity index (χ1n) is 13.4. The van der Waals surface area contributed by atoms with Gasteiger partial charge in [-0.2, -0.15) is 0 Å². The number of carbonyl (C=O) groups excluding carboxylic acids is 1. The van der Waals surface area contributed by atoms with Crippen molar-refractivity contribution in [1.82, 2.24) is 4.90 Å². The highest BCUT2D eigenvalue weighted by Gasteiger charge is 2.36. The van der Waals surface area contributed by atoms with Gasteiger partial charge in [0.2, 0.25) is 0 Å². The summed E-state index contributed by atoms with van der Waals surface area (Å²) in [6.45, 7) is 2.10. The first-order chi connectivity index (χ1) is 19.6. The molecule has 3 aromatic carbocycles. The normalized spacial score (nSPS) is 15.8. The Morgan fingerprint density at radius 1 is 0.780 bits per heavy atom. The SMILES string of the molecule is CC(OC(=O)C(O)C(O)C(O)C(O)CO)/C(=C(\c1ccccc1)c1ccc(OCCN(C)C)cc1)c1ccccc1. The number of hydrogen-bond acceptors (Lipinski definition) is 9. The van der Waals surface area contributed by atoms with Crippen molar-refractivity contribution in [2.24, 2.45) is 0 Å². The zero-order chi connectivity index (χ0) is 29.9. The minimum atomic E-state index is -2.16. The molecule has 0 aliphatic rings. The van der Waals surface area contributed by atoms with Crippen LogP contribution in [0.2, 0.25) is 0 Å². The minimum absolute atomic E-state index is 0.536. The molecule has 5 atom stereocenters. The summed E-state index contributed by atoms with van der Waals surface area (Å²) in [6, 6.07) is 26.6. The maximum atomic E-state index is 12.9. The maximum absolute atomic E-state index is 12.9. The molecule has 5 N–H and O–H groups in total. The van der Waals surface area contributed by atoms with Gasteiger partial charge in [-0.15, -0.1) is 0 Å². The minimum Gasteiger partial charge on any atom is -0.492 e. The van der Waals surface area contributed by atoms with E-state index in [9.17, 15) is 25.2 Å². The fraction of sp³-hybridized carbons (Fsp3) is 0.344. The molecule has 3 rings (SSSR count). The Bertz CT molecular complexity index is 1250. The molecule has 5 unspecified atom stereocenters. The van der Waals surface area contributed by atoms with Gasteiger partial charge < -0.3 is 39.9 Å². The Hall–Kier alpha value is -3.57. The van der Waals surface area contributed by atoms with E-state index >= 15 is 0 Å². The molecule has 9 nitrogen and oxygen atoms in total. The smallest absolute Gasteiger partial charge is 0.338 e. The summed E-state index contributed by atoms with van der Waals surface area (Å²) in [5.41, 5.74) is 3.88. The number of nitrogens with zero attached hydrogens (tertiary/aromatic N) is 1. The quantitative estimate of drug-likeness (QED) is 0.147. The number of rotatable bonds is 14. The molecule has 0 amide bonds. The van der Waals surface area contributed by atoms with E-state index in [1.165, 1.54) is 0 Å². The van der Waals surface area contributed by atoms with Crippen molar-refractivity contribution in [3.05, 3.63) is 102 Å². The van der Waals surface area contributed by atoms with Crippen molar-refractivity contribution in [3.8, 4) is 5.75 Å². The van der Waals surface area contributed by atoms with Crippen molar-refractivity contribution in [2.75, 3.05) is 33.9 Å². The van der Waals surface area contributed by atoms with E-state index in [0.29, 0.717) is 17.9 Å². The Morgan fingerprint density at radius 2 is 1.32 bits per heavy atom. The largest absolute Gasteiger partial charge is 0.492 e. The lowest BCUT2D eigenvalue weighted by molar-refractivity contribution is -0.172. The van der Waals surface area contributed by atoms with Crippen molar-refractivity contribution in [2.45, 2.75) is 37.4 Å². The number of aliphatic hydroxyl groups excluding tert-OH is 5. The maximum Gasteiger partial charge on any atom is 0.338 e. The molecule has 0 saturated carbocycles. The Morgan fingerprint density at radius 3 is 1.85 bits per heavy atom. The topological polar surface area (TPSA) is 140 Å². The number of benzene rings is 3. The molecule has 0 aliphatic heterocycles. The standard InChI is InChI=1S/C32H39NO8/c1-21(41-32(39)31(38)30(37)29(36)26(35)20-34)27(22-10-6-4-7-11-22)28(23-12-8-5-9-13-23)24-14-16-25(17-15-24)40-19-18-33(2)3/h4-17,21,26,29-31,34-38H,18-20H2,1-3H3/b28-27-. The molecule has 0 radical (unpaired) electrons. The van der Waals surface area contributed by atoms with Gasteiger partial charge in [0, 0.05) is 12.1 Å². The zero-order valence-electron chi connectivity index (χ0n) is 23.5. The number of aliphatic hydroxyl groups is 5. The van der Waals surface area contributed by atoms with Crippen LogP contribution in [0.4, 0.5) is 0 Å². The fourth-order valence-corrected chi connectivity index (χ4v) is 4.31. The predicted molar refractivity (Wildman–Crippen MR) is 156 cm³/mol. The molecule has 220 valence electrons. The van der Waals surface area contributed by atoms with Gasteiger partial charge in [-0.3, -0.25) is 0 Å². The van der Waals surface area contributed by atoms with Gasteiger partial charge in [0.15, 0.2) is 6.10 Å². The van der Waals surface area contributed by atoms with Crippen molar-refractivity contribution in [3.63, 3.8) is 0 Å². The third-order valence-corrected chi connectivity index (χ3v) is 6.56. The molecule has 0 saturated heterocycles. The van der Waals surface area contributed by atoms with Crippen LogP contribution in [0.25, 0.3) is 11.1 Å². The Labute approximate surface area is 240 Å². The molecule has 0 spiro atoms. The van der Waals surface area contributed by atoms with Gasteiger partial charge in [0.25, 0.3) is 0 Å². The monoisotopic (exact) mass is 565 g/mol. The summed E-state index contributed by atoms with van der Waals surface area (Å²) in [7, 11) is 3.95. The van der Waals surface area contributed by atoms with E-state index < -0.39 is 43.1 Å². The van der Waals surface area contributed by atoms with Crippen molar-refractivity contribution >= 4 is 17.1 Å². The van der Waals surface area contributed by atoms with Crippen LogP contribution in [0.1, 0.15) is 23.6 Å². The average Bonchev–Trinajstić information content (AvgIpc) is 2.99. The lowest BCUT2D eigenvalue weighted by Gasteiger charge is -2.27. The fourth-order valence-electron chi connectivity index (χ4n) is 4.31. The van der Waals surface area contributed by atoms with Crippen LogP contribution in [-0.2, 0) is 9.53 Å². The summed E-state index contributed by atoms with van der Waals surface area (Å²) in [6.07, 6.45) is -8.86. The number of carbonyl (C=O) groups is 1. The molecule has 0 heterocycles. The summed E-state index contributed by atoms with van der Waals surface area (Å²) >= 11 is 0. The highest BCUT2D eigenvalue weighted by atomic mass is 16.6. The highest BCUT2D eigenvalue weighted by molar-refractivity contribution is 6.00. The first-order valence-corrected chi connectivity index (χ1v) is 13.4. The van der Waals surface area contributed by atoms with E-state index in [1.807, 2.05) is 104 Å². The second kappa shape index (κ2) is 15.4.